The van der Waals surface area contributed by atoms with Gasteiger partial charge in [-0.05, 0) is 19.2 Å². The third-order valence-corrected chi connectivity index (χ3v) is 3.53. The standard InChI is InChI=1S/C14H16ClF3N4/c1-22(5-4-19)8-9-7-20-21-13(9)11-3-2-10(6-12(11)15)14(16,17)18/h2-3,6-7H,4-5,8,19H2,1H3,(H,20,21). The van der Waals surface area contributed by atoms with Crippen LogP contribution in [0.2, 0.25) is 5.02 Å². The van der Waals surface area contributed by atoms with E-state index >= 15 is 0 Å². The molecule has 0 radical (unpaired) electrons. The van der Waals surface area contributed by atoms with Crippen molar-refractivity contribution in [3.05, 3.63) is 40.5 Å². The lowest BCUT2D eigenvalue weighted by Gasteiger charge is -2.15. The molecule has 0 saturated heterocycles. The molecular formula is C14H16ClF3N4. The molecule has 1 aromatic heterocycles. The summed E-state index contributed by atoms with van der Waals surface area (Å²) in [4.78, 5) is 1.99. The predicted molar refractivity (Wildman–Crippen MR) is 79.4 cm³/mol. The van der Waals surface area contributed by atoms with Gasteiger partial charge < -0.3 is 10.6 Å². The normalized spacial score (nSPS) is 12.1. The van der Waals surface area contributed by atoms with Crippen LogP contribution in [0, 0.1) is 0 Å². The number of likely N-dealkylation sites (N-methyl/N-ethyl adjacent to an activating group) is 1. The van der Waals surface area contributed by atoms with Crippen LogP contribution >= 0.6 is 11.6 Å². The summed E-state index contributed by atoms with van der Waals surface area (Å²) in [5.41, 5.74) is 6.57. The molecule has 3 N–H and O–H groups in total. The van der Waals surface area contributed by atoms with Crippen LogP contribution in [0.25, 0.3) is 11.3 Å². The molecule has 22 heavy (non-hydrogen) atoms. The maximum Gasteiger partial charge on any atom is 0.416 e. The minimum atomic E-state index is -4.42. The lowest BCUT2D eigenvalue weighted by atomic mass is 10.1. The molecule has 0 atom stereocenters. The molecule has 1 heterocycles. The Labute approximate surface area is 131 Å². The summed E-state index contributed by atoms with van der Waals surface area (Å²) < 4.78 is 38.0. The van der Waals surface area contributed by atoms with Crippen LogP contribution in [0.5, 0.6) is 0 Å². The molecule has 0 amide bonds. The van der Waals surface area contributed by atoms with Crippen LogP contribution in [-0.2, 0) is 12.7 Å². The van der Waals surface area contributed by atoms with E-state index in [1.165, 1.54) is 6.07 Å². The Bertz CT molecular complexity index is 639. The molecule has 0 aliphatic heterocycles. The zero-order valence-corrected chi connectivity index (χ0v) is 12.7. The summed E-state index contributed by atoms with van der Waals surface area (Å²) >= 11 is 6.01. The fourth-order valence-electron chi connectivity index (χ4n) is 2.14. The number of nitrogens with one attached hydrogen (secondary N) is 1. The first-order chi connectivity index (χ1) is 10.3. The first kappa shape index (κ1) is 16.8. The molecule has 2 rings (SSSR count). The Balaban J connectivity index is 2.31. The summed E-state index contributed by atoms with van der Waals surface area (Å²) in [6, 6.07) is 3.26. The van der Waals surface area contributed by atoms with Crippen molar-refractivity contribution < 1.29 is 13.2 Å². The summed E-state index contributed by atoms with van der Waals surface area (Å²) in [5, 5.41) is 6.85. The van der Waals surface area contributed by atoms with Crippen molar-refractivity contribution in [3.8, 4) is 11.3 Å². The largest absolute Gasteiger partial charge is 0.416 e. The zero-order chi connectivity index (χ0) is 16.3. The second-order valence-corrected chi connectivity index (χ2v) is 5.39. The number of nitrogens with two attached hydrogens (primary N) is 1. The summed E-state index contributed by atoms with van der Waals surface area (Å²) in [5.74, 6) is 0. The molecule has 0 aliphatic carbocycles. The smallest absolute Gasteiger partial charge is 0.329 e. The van der Waals surface area contributed by atoms with Crippen LogP contribution in [0.3, 0.4) is 0 Å². The number of aromatic nitrogens is 2. The molecule has 2 aromatic rings. The molecule has 0 spiro atoms. The van der Waals surface area contributed by atoms with E-state index in [-0.39, 0.29) is 5.02 Å². The number of halogens is 4. The van der Waals surface area contributed by atoms with E-state index in [2.05, 4.69) is 10.2 Å². The van der Waals surface area contributed by atoms with Gasteiger partial charge in [-0.15, -0.1) is 0 Å². The van der Waals surface area contributed by atoms with Crippen LogP contribution < -0.4 is 5.73 Å². The quantitative estimate of drug-likeness (QED) is 0.884. The highest BCUT2D eigenvalue weighted by Crippen LogP contribution is 2.36. The minimum Gasteiger partial charge on any atom is -0.329 e. The molecule has 120 valence electrons. The molecule has 8 heteroatoms. The number of nitrogens with zero attached hydrogens (tertiary/aromatic N) is 2. The monoisotopic (exact) mass is 332 g/mol. The first-order valence-electron chi connectivity index (χ1n) is 6.61. The van der Waals surface area contributed by atoms with Gasteiger partial charge in [0.15, 0.2) is 0 Å². The second-order valence-electron chi connectivity index (χ2n) is 4.98. The molecule has 0 aliphatic rings. The van der Waals surface area contributed by atoms with Gasteiger partial charge in [0, 0.05) is 37.0 Å². The summed E-state index contributed by atoms with van der Waals surface area (Å²) in [7, 11) is 1.90. The summed E-state index contributed by atoms with van der Waals surface area (Å²) in [6.07, 6.45) is -2.71. The number of hydrogen-bond donors (Lipinski definition) is 2. The van der Waals surface area contributed by atoms with E-state index in [4.69, 9.17) is 17.3 Å². The van der Waals surface area contributed by atoms with Crippen molar-refractivity contribution in [1.29, 1.82) is 0 Å². The SMILES string of the molecule is CN(CCN)Cc1c[nH]nc1-c1ccc(C(F)(F)F)cc1Cl. The van der Waals surface area contributed by atoms with Gasteiger partial charge in [0.25, 0.3) is 0 Å². The van der Waals surface area contributed by atoms with Gasteiger partial charge in [-0.1, -0.05) is 17.7 Å². The summed E-state index contributed by atoms with van der Waals surface area (Å²) in [6.45, 7) is 1.79. The predicted octanol–water partition coefficient (Wildman–Crippen LogP) is 3.14. The van der Waals surface area contributed by atoms with Gasteiger partial charge in [0.05, 0.1) is 16.3 Å². The third-order valence-electron chi connectivity index (χ3n) is 3.22. The van der Waals surface area contributed by atoms with Crippen LogP contribution in [0.15, 0.2) is 24.4 Å². The highest BCUT2D eigenvalue weighted by atomic mass is 35.5. The third kappa shape index (κ3) is 3.79. The van der Waals surface area contributed by atoms with Crippen molar-refractivity contribution in [2.75, 3.05) is 20.1 Å². The van der Waals surface area contributed by atoms with E-state index in [1.54, 1.807) is 6.20 Å². The van der Waals surface area contributed by atoms with Crippen molar-refractivity contribution in [1.82, 2.24) is 15.1 Å². The number of H-pyrrole nitrogens is 1. The van der Waals surface area contributed by atoms with E-state index in [0.717, 1.165) is 17.7 Å². The van der Waals surface area contributed by atoms with E-state index in [9.17, 15) is 13.2 Å². The average Bonchev–Trinajstić information content (AvgIpc) is 2.85. The number of hydrogen-bond acceptors (Lipinski definition) is 3. The fraction of sp³-hybridized carbons (Fsp3) is 0.357. The fourth-order valence-corrected chi connectivity index (χ4v) is 2.41. The topological polar surface area (TPSA) is 57.9 Å². The van der Waals surface area contributed by atoms with Gasteiger partial charge >= 0.3 is 6.18 Å². The Morgan fingerprint density at radius 2 is 2.09 bits per heavy atom. The zero-order valence-electron chi connectivity index (χ0n) is 11.9. The van der Waals surface area contributed by atoms with Gasteiger partial charge in [-0.3, -0.25) is 5.10 Å². The molecular weight excluding hydrogens is 317 g/mol. The molecule has 0 bridgehead atoms. The second kappa shape index (κ2) is 6.68. The number of alkyl halides is 3. The lowest BCUT2D eigenvalue weighted by Crippen LogP contribution is -2.25. The Hall–Kier alpha value is -1.57. The number of aromatic amines is 1. The van der Waals surface area contributed by atoms with Gasteiger partial charge in [-0.2, -0.15) is 18.3 Å². The van der Waals surface area contributed by atoms with Crippen molar-refractivity contribution in [2.24, 2.45) is 5.73 Å². The van der Waals surface area contributed by atoms with Gasteiger partial charge in [-0.25, -0.2) is 0 Å². The van der Waals surface area contributed by atoms with Crippen LogP contribution in [0.4, 0.5) is 13.2 Å². The lowest BCUT2D eigenvalue weighted by molar-refractivity contribution is -0.137. The molecule has 0 saturated carbocycles. The van der Waals surface area contributed by atoms with E-state index in [1.807, 2.05) is 11.9 Å². The Kier molecular flexibility index (Phi) is 5.10. The Morgan fingerprint density at radius 1 is 1.36 bits per heavy atom. The van der Waals surface area contributed by atoms with Gasteiger partial charge in [0.2, 0.25) is 0 Å². The van der Waals surface area contributed by atoms with Crippen molar-refractivity contribution >= 4 is 11.6 Å². The van der Waals surface area contributed by atoms with Crippen LogP contribution in [-0.4, -0.2) is 35.2 Å². The first-order valence-corrected chi connectivity index (χ1v) is 6.99. The minimum absolute atomic E-state index is 0.0182. The average molecular weight is 333 g/mol. The Morgan fingerprint density at radius 3 is 2.68 bits per heavy atom. The van der Waals surface area contributed by atoms with E-state index in [0.29, 0.717) is 30.9 Å². The van der Waals surface area contributed by atoms with Crippen molar-refractivity contribution in [3.63, 3.8) is 0 Å². The maximum atomic E-state index is 12.7. The molecule has 4 nitrogen and oxygen atoms in total. The maximum absolute atomic E-state index is 12.7. The highest BCUT2D eigenvalue weighted by molar-refractivity contribution is 6.33. The van der Waals surface area contributed by atoms with Gasteiger partial charge in [0.1, 0.15) is 0 Å². The number of benzene rings is 1. The molecule has 0 fully saturated rings. The molecule has 0 unspecified atom stereocenters. The van der Waals surface area contributed by atoms with Crippen LogP contribution in [0.1, 0.15) is 11.1 Å². The van der Waals surface area contributed by atoms with Crippen molar-refractivity contribution in [2.45, 2.75) is 12.7 Å². The molecule has 1 aromatic carbocycles. The highest BCUT2D eigenvalue weighted by Gasteiger charge is 2.31. The number of rotatable bonds is 5. The van der Waals surface area contributed by atoms with E-state index < -0.39 is 11.7 Å².